The molecule has 20 heavy (non-hydrogen) atoms. The Bertz CT molecular complexity index is 468. The summed E-state index contributed by atoms with van der Waals surface area (Å²) in [6, 6.07) is 2.19. The molecule has 1 atom stereocenters. The lowest BCUT2D eigenvalue weighted by Gasteiger charge is -2.10. The maximum atomic E-state index is 11.7. The second-order valence-electron chi connectivity index (χ2n) is 5.30. The Morgan fingerprint density at radius 3 is 2.65 bits per heavy atom. The number of amides is 1. The smallest absolute Gasteiger partial charge is 0.303 e. The van der Waals surface area contributed by atoms with Crippen LogP contribution in [0, 0.1) is 19.8 Å². The number of carboxylic acids is 1. The van der Waals surface area contributed by atoms with E-state index in [1.54, 1.807) is 11.3 Å². The van der Waals surface area contributed by atoms with E-state index >= 15 is 0 Å². The van der Waals surface area contributed by atoms with Crippen LogP contribution in [-0.4, -0.2) is 23.5 Å². The van der Waals surface area contributed by atoms with E-state index in [9.17, 15) is 9.59 Å². The molecule has 1 aromatic heterocycles. The van der Waals surface area contributed by atoms with Gasteiger partial charge in [-0.05, 0) is 44.2 Å². The summed E-state index contributed by atoms with van der Waals surface area (Å²) in [5, 5.41) is 11.4. The third kappa shape index (κ3) is 6.19. The summed E-state index contributed by atoms with van der Waals surface area (Å²) in [7, 11) is 0. The molecular weight excluding hydrogens is 274 g/mol. The number of aryl methyl sites for hydroxylation is 3. The molecule has 0 bridgehead atoms. The van der Waals surface area contributed by atoms with E-state index in [2.05, 4.69) is 25.2 Å². The van der Waals surface area contributed by atoms with Crippen molar-refractivity contribution in [2.45, 2.75) is 46.5 Å². The number of carbonyl (C=O) groups excluding carboxylic acids is 1. The van der Waals surface area contributed by atoms with Crippen LogP contribution in [0.5, 0.6) is 0 Å². The Morgan fingerprint density at radius 2 is 2.10 bits per heavy atom. The monoisotopic (exact) mass is 297 g/mol. The summed E-state index contributed by atoms with van der Waals surface area (Å²) in [6.07, 6.45) is 2.34. The molecule has 1 heterocycles. The molecule has 4 nitrogen and oxygen atoms in total. The van der Waals surface area contributed by atoms with E-state index in [-0.39, 0.29) is 18.2 Å². The molecular formula is C15H23NO3S. The van der Waals surface area contributed by atoms with Crippen molar-refractivity contribution in [1.82, 2.24) is 5.32 Å². The van der Waals surface area contributed by atoms with Gasteiger partial charge in [-0.25, -0.2) is 0 Å². The lowest BCUT2D eigenvalue weighted by molar-refractivity contribution is -0.138. The van der Waals surface area contributed by atoms with Crippen LogP contribution < -0.4 is 5.32 Å². The first kappa shape index (κ1) is 16.7. The Labute approximate surface area is 124 Å². The first-order valence-electron chi connectivity index (χ1n) is 6.93. The van der Waals surface area contributed by atoms with Gasteiger partial charge in [0, 0.05) is 29.1 Å². The van der Waals surface area contributed by atoms with E-state index in [0.29, 0.717) is 13.0 Å². The molecule has 5 heteroatoms. The molecule has 0 aliphatic rings. The van der Waals surface area contributed by atoms with Crippen molar-refractivity contribution in [2.24, 2.45) is 5.92 Å². The predicted octanol–water partition coefficient (Wildman–Crippen LogP) is 2.91. The number of carbonyl (C=O) groups is 2. The van der Waals surface area contributed by atoms with Crippen LogP contribution in [0.25, 0.3) is 0 Å². The SMILES string of the molecule is Cc1cc(CCCC(=O)NCC(C)CC(=O)O)c(C)s1. The van der Waals surface area contributed by atoms with Crippen molar-refractivity contribution < 1.29 is 14.7 Å². The summed E-state index contributed by atoms with van der Waals surface area (Å²) in [5.74, 6) is -0.847. The van der Waals surface area contributed by atoms with E-state index in [4.69, 9.17) is 5.11 Å². The molecule has 0 aromatic carbocycles. The van der Waals surface area contributed by atoms with E-state index in [1.165, 1.54) is 15.3 Å². The highest BCUT2D eigenvalue weighted by atomic mass is 32.1. The van der Waals surface area contributed by atoms with Crippen molar-refractivity contribution in [2.75, 3.05) is 6.54 Å². The second-order valence-corrected chi connectivity index (χ2v) is 6.76. The van der Waals surface area contributed by atoms with E-state index in [0.717, 1.165) is 12.8 Å². The molecule has 0 fully saturated rings. The Morgan fingerprint density at radius 1 is 1.40 bits per heavy atom. The third-order valence-electron chi connectivity index (χ3n) is 3.16. The maximum absolute atomic E-state index is 11.7. The largest absolute Gasteiger partial charge is 0.481 e. The number of thiophene rings is 1. The minimum Gasteiger partial charge on any atom is -0.481 e. The van der Waals surface area contributed by atoms with Gasteiger partial charge in [-0.1, -0.05) is 6.92 Å². The van der Waals surface area contributed by atoms with Crippen LogP contribution in [0.4, 0.5) is 0 Å². The highest BCUT2D eigenvalue weighted by Crippen LogP contribution is 2.22. The molecule has 112 valence electrons. The van der Waals surface area contributed by atoms with Gasteiger partial charge in [-0.3, -0.25) is 9.59 Å². The highest BCUT2D eigenvalue weighted by molar-refractivity contribution is 7.12. The summed E-state index contributed by atoms with van der Waals surface area (Å²) >= 11 is 1.79. The normalized spacial score (nSPS) is 12.2. The number of aliphatic carboxylic acids is 1. The zero-order valence-corrected chi connectivity index (χ0v) is 13.2. The average Bonchev–Trinajstić information content (AvgIpc) is 2.64. The molecule has 1 amide bonds. The highest BCUT2D eigenvalue weighted by Gasteiger charge is 2.10. The van der Waals surface area contributed by atoms with Gasteiger partial charge in [0.15, 0.2) is 0 Å². The minimum absolute atomic E-state index is 0.00634. The van der Waals surface area contributed by atoms with Crippen molar-refractivity contribution >= 4 is 23.2 Å². The lowest BCUT2D eigenvalue weighted by atomic mass is 10.1. The van der Waals surface area contributed by atoms with E-state index < -0.39 is 5.97 Å². The minimum atomic E-state index is -0.824. The van der Waals surface area contributed by atoms with Gasteiger partial charge in [0.2, 0.25) is 5.91 Å². The van der Waals surface area contributed by atoms with Crippen molar-refractivity contribution in [1.29, 1.82) is 0 Å². The molecule has 0 saturated carbocycles. The van der Waals surface area contributed by atoms with Crippen molar-refractivity contribution in [3.8, 4) is 0 Å². The molecule has 1 rings (SSSR count). The van der Waals surface area contributed by atoms with Crippen molar-refractivity contribution in [3.63, 3.8) is 0 Å². The van der Waals surface area contributed by atoms with Crippen LogP contribution in [0.2, 0.25) is 0 Å². The molecule has 0 aliphatic heterocycles. The van der Waals surface area contributed by atoms with Gasteiger partial charge >= 0.3 is 5.97 Å². The fourth-order valence-electron chi connectivity index (χ4n) is 2.12. The summed E-state index contributed by atoms with van der Waals surface area (Å²) < 4.78 is 0. The van der Waals surface area contributed by atoms with Crippen LogP contribution >= 0.6 is 11.3 Å². The molecule has 2 N–H and O–H groups in total. The Kier molecular flexibility index (Phi) is 6.71. The average molecular weight is 297 g/mol. The topological polar surface area (TPSA) is 66.4 Å². The Hall–Kier alpha value is -1.36. The number of hydrogen-bond donors (Lipinski definition) is 2. The van der Waals surface area contributed by atoms with Gasteiger partial charge in [0.05, 0.1) is 0 Å². The summed E-state index contributed by atoms with van der Waals surface area (Å²) in [5.41, 5.74) is 1.33. The van der Waals surface area contributed by atoms with Crippen LogP contribution in [0.1, 0.15) is 41.5 Å². The Balaban J connectivity index is 2.20. The summed E-state index contributed by atoms with van der Waals surface area (Å²) in [4.78, 5) is 24.8. The van der Waals surface area contributed by atoms with E-state index in [1.807, 2.05) is 6.92 Å². The van der Waals surface area contributed by atoms with Crippen LogP contribution in [-0.2, 0) is 16.0 Å². The quantitative estimate of drug-likeness (QED) is 0.775. The first-order chi connectivity index (χ1) is 9.38. The molecule has 1 unspecified atom stereocenters. The predicted molar refractivity (Wildman–Crippen MR) is 81.2 cm³/mol. The maximum Gasteiger partial charge on any atom is 0.303 e. The molecule has 0 aliphatic carbocycles. The standard InChI is InChI=1S/C15H23NO3S/c1-10(7-15(18)19)9-16-14(17)6-4-5-13-8-11(2)20-12(13)3/h8,10H,4-7,9H2,1-3H3,(H,16,17)(H,18,19). The zero-order chi connectivity index (χ0) is 15.1. The number of carboxylic acid groups (broad SMARTS) is 1. The van der Waals surface area contributed by atoms with Crippen molar-refractivity contribution in [3.05, 3.63) is 21.4 Å². The van der Waals surface area contributed by atoms with Gasteiger partial charge in [0.25, 0.3) is 0 Å². The fourth-order valence-corrected chi connectivity index (χ4v) is 3.09. The lowest BCUT2D eigenvalue weighted by Crippen LogP contribution is -2.29. The first-order valence-corrected chi connectivity index (χ1v) is 7.74. The molecule has 1 aromatic rings. The number of rotatable bonds is 8. The van der Waals surface area contributed by atoms with Gasteiger partial charge in [0.1, 0.15) is 0 Å². The number of nitrogens with one attached hydrogen (secondary N) is 1. The molecule has 0 spiro atoms. The van der Waals surface area contributed by atoms with Crippen LogP contribution in [0.3, 0.4) is 0 Å². The molecule has 0 saturated heterocycles. The van der Waals surface area contributed by atoms with Gasteiger partial charge in [-0.15, -0.1) is 11.3 Å². The van der Waals surface area contributed by atoms with Gasteiger partial charge in [-0.2, -0.15) is 0 Å². The van der Waals surface area contributed by atoms with Crippen LogP contribution in [0.15, 0.2) is 6.07 Å². The van der Waals surface area contributed by atoms with Gasteiger partial charge < -0.3 is 10.4 Å². The summed E-state index contributed by atoms with van der Waals surface area (Å²) in [6.45, 7) is 6.46. The number of hydrogen-bond acceptors (Lipinski definition) is 3. The molecule has 0 radical (unpaired) electrons. The third-order valence-corrected chi connectivity index (χ3v) is 4.17. The zero-order valence-electron chi connectivity index (χ0n) is 12.4. The second kappa shape index (κ2) is 8.04. The fraction of sp³-hybridized carbons (Fsp3) is 0.600.